The lowest BCUT2D eigenvalue weighted by Crippen LogP contribution is -2.53. The first kappa shape index (κ1) is 32.2. The Morgan fingerprint density at radius 3 is 2.27 bits per heavy atom. The van der Waals surface area contributed by atoms with Crippen molar-refractivity contribution in [2.24, 2.45) is 4.99 Å². The normalized spacial score (nSPS) is 20.4. The molecule has 0 atom stereocenters. The van der Waals surface area contributed by atoms with Gasteiger partial charge in [-0.2, -0.15) is 31.3 Å². The number of ether oxygens (including phenoxy) is 2. The van der Waals surface area contributed by atoms with E-state index in [0.717, 1.165) is 58.2 Å². The molecule has 0 bridgehead atoms. The number of piperidine rings is 1. The summed E-state index contributed by atoms with van der Waals surface area (Å²) in [5.41, 5.74) is -2.70. The van der Waals surface area contributed by atoms with E-state index in [1.165, 1.54) is 24.9 Å². The fourth-order valence-corrected chi connectivity index (χ4v) is 6.48. The quantitative estimate of drug-likeness (QED) is 0.283. The molecule has 2 aromatic rings. The number of hydrogen-bond acceptors (Lipinski definition) is 7. The van der Waals surface area contributed by atoms with Crippen molar-refractivity contribution in [3.63, 3.8) is 0 Å². The van der Waals surface area contributed by atoms with Crippen LogP contribution in [0.1, 0.15) is 35.1 Å². The largest absolute Gasteiger partial charge is 0.493 e. The van der Waals surface area contributed by atoms with Gasteiger partial charge < -0.3 is 19.3 Å². The van der Waals surface area contributed by atoms with Crippen LogP contribution in [0, 0.1) is 0 Å². The van der Waals surface area contributed by atoms with Gasteiger partial charge in [0.2, 0.25) is 0 Å². The highest BCUT2D eigenvalue weighted by Gasteiger charge is 2.38. The maximum absolute atomic E-state index is 13.5. The second kappa shape index (κ2) is 13.0. The van der Waals surface area contributed by atoms with Gasteiger partial charge >= 0.3 is 12.4 Å². The molecule has 0 saturated carbocycles. The number of rotatable bonds is 6. The molecule has 0 radical (unpaired) electrons. The summed E-state index contributed by atoms with van der Waals surface area (Å²) in [5.74, 6) is -0.0852. The van der Waals surface area contributed by atoms with Crippen LogP contribution in [0.5, 0.6) is 11.5 Å². The van der Waals surface area contributed by atoms with E-state index in [4.69, 9.17) is 9.47 Å². The second-order valence-electron chi connectivity index (χ2n) is 10.9. The highest BCUT2D eigenvalue weighted by Crippen LogP contribution is 2.39. The number of piperazine rings is 1. The van der Waals surface area contributed by atoms with Crippen molar-refractivity contribution in [3.05, 3.63) is 63.6 Å². The topological polar surface area (TPSA) is 57.6 Å². The molecule has 0 aromatic heterocycles. The third-order valence-electron chi connectivity index (χ3n) is 8.01. The summed E-state index contributed by atoms with van der Waals surface area (Å²) in [6, 6.07) is 6.64. The van der Waals surface area contributed by atoms with E-state index >= 15 is 0 Å². The fraction of sp³-hybridized carbons (Fsp3) is 0.467. The highest BCUT2D eigenvalue weighted by atomic mass is 32.2. The molecule has 14 heteroatoms. The summed E-state index contributed by atoms with van der Waals surface area (Å²) in [4.78, 5) is 24.4. The van der Waals surface area contributed by atoms with Crippen LogP contribution in [0.3, 0.4) is 0 Å². The lowest BCUT2D eigenvalue weighted by molar-refractivity contribution is -0.143. The lowest BCUT2D eigenvalue weighted by Gasteiger charge is -2.42. The van der Waals surface area contributed by atoms with Gasteiger partial charge in [0.05, 0.1) is 23.1 Å². The Balaban J connectivity index is 1.22. The summed E-state index contributed by atoms with van der Waals surface area (Å²) < 4.78 is 90.4. The van der Waals surface area contributed by atoms with E-state index in [2.05, 4.69) is 26.7 Å². The summed E-state index contributed by atoms with van der Waals surface area (Å²) >= 11 is 1.29. The Kier molecular flexibility index (Phi) is 9.52. The van der Waals surface area contributed by atoms with Crippen molar-refractivity contribution in [1.82, 2.24) is 14.7 Å². The SMILES string of the molecule is COc1cc(/C=C2/SC(N3CCN(C4CCN(C)CC4)CC3)=NC2=O)ccc1OCc1ccc(C(F)(F)F)cc1C(F)(F)F. The van der Waals surface area contributed by atoms with Crippen LogP contribution in [-0.2, 0) is 23.8 Å². The van der Waals surface area contributed by atoms with Crippen molar-refractivity contribution in [3.8, 4) is 11.5 Å². The molecule has 0 N–H and O–H groups in total. The molecule has 0 aliphatic carbocycles. The zero-order valence-corrected chi connectivity index (χ0v) is 25.0. The van der Waals surface area contributed by atoms with Gasteiger partial charge in [-0.1, -0.05) is 12.1 Å². The van der Waals surface area contributed by atoms with Crippen LogP contribution in [0.2, 0.25) is 0 Å². The van der Waals surface area contributed by atoms with Crippen molar-refractivity contribution < 1.29 is 40.6 Å². The molecule has 0 spiro atoms. The number of carbonyl (C=O) groups excluding carboxylic acids is 1. The zero-order chi connectivity index (χ0) is 31.6. The van der Waals surface area contributed by atoms with Crippen molar-refractivity contribution >= 4 is 28.9 Å². The van der Waals surface area contributed by atoms with Gasteiger partial charge in [-0.15, -0.1) is 0 Å². The van der Waals surface area contributed by atoms with E-state index in [-0.39, 0.29) is 23.5 Å². The Hall–Kier alpha value is -3.23. The molecule has 5 rings (SSSR count). The number of hydrogen-bond donors (Lipinski definition) is 0. The van der Waals surface area contributed by atoms with Crippen LogP contribution in [0.4, 0.5) is 26.3 Å². The van der Waals surface area contributed by atoms with E-state index in [1.807, 2.05) is 0 Å². The number of aliphatic imine (C=N–C) groups is 1. The molecule has 2 fully saturated rings. The molecule has 3 aliphatic rings. The van der Waals surface area contributed by atoms with E-state index in [9.17, 15) is 31.1 Å². The number of carbonyl (C=O) groups is 1. The van der Waals surface area contributed by atoms with Crippen molar-refractivity contribution in [2.75, 3.05) is 53.4 Å². The van der Waals surface area contributed by atoms with Crippen LogP contribution < -0.4 is 9.47 Å². The average molecular weight is 643 g/mol. The van der Waals surface area contributed by atoms with Gasteiger partial charge in [-0.3, -0.25) is 9.69 Å². The fourth-order valence-electron chi connectivity index (χ4n) is 5.51. The third-order valence-corrected chi connectivity index (χ3v) is 9.05. The van der Waals surface area contributed by atoms with Gasteiger partial charge in [0, 0.05) is 37.8 Å². The Morgan fingerprint density at radius 1 is 0.932 bits per heavy atom. The average Bonchev–Trinajstić information content (AvgIpc) is 3.35. The number of amidine groups is 1. The predicted molar refractivity (Wildman–Crippen MR) is 155 cm³/mol. The molecule has 44 heavy (non-hydrogen) atoms. The summed E-state index contributed by atoms with van der Waals surface area (Å²) in [5, 5.41) is 0.660. The van der Waals surface area contributed by atoms with Crippen molar-refractivity contribution in [2.45, 2.75) is 37.8 Å². The second-order valence-corrected chi connectivity index (χ2v) is 11.9. The minimum atomic E-state index is -5.01. The molecular formula is C30H32F6N4O3S. The number of amides is 1. The first-order valence-electron chi connectivity index (χ1n) is 14.1. The van der Waals surface area contributed by atoms with Gasteiger partial charge in [-0.05, 0) is 80.6 Å². The Bertz CT molecular complexity index is 1430. The number of likely N-dealkylation sites (tertiary alicyclic amines) is 1. The monoisotopic (exact) mass is 642 g/mol. The number of nitrogens with zero attached hydrogens (tertiary/aromatic N) is 4. The molecule has 238 valence electrons. The minimum Gasteiger partial charge on any atom is -0.493 e. The molecular weight excluding hydrogens is 610 g/mol. The minimum absolute atomic E-state index is 0.0767. The summed E-state index contributed by atoms with van der Waals surface area (Å²) in [6.07, 6.45) is -5.95. The molecule has 1 amide bonds. The number of thioether (sulfide) groups is 1. The van der Waals surface area contributed by atoms with E-state index in [1.54, 1.807) is 18.2 Å². The molecule has 7 nitrogen and oxygen atoms in total. The van der Waals surface area contributed by atoms with E-state index in [0.29, 0.717) is 27.7 Å². The molecule has 2 saturated heterocycles. The predicted octanol–water partition coefficient (Wildman–Crippen LogP) is 5.99. The summed E-state index contributed by atoms with van der Waals surface area (Å²) in [6.45, 7) is 4.97. The Labute approximate surface area is 255 Å². The molecule has 3 aliphatic heterocycles. The first-order chi connectivity index (χ1) is 20.8. The number of methoxy groups -OCH3 is 1. The summed E-state index contributed by atoms with van der Waals surface area (Å²) in [7, 11) is 3.49. The smallest absolute Gasteiger partial charge is 0.416 e. The van der Waals surface area contributed by atoms with Crippen LogP contribution in [-0.4, -0.2) is 85.2 Å². The number of alkyl halides is 6. The molecule has 0 unspecified atom stereocenters. The van der Waals surface area contributed by atoms with Gasteiger partial charge in [0.1, 0.15) is 6.61 Å². The van der Waals surface area contributed by atoms with Gasteiger partial charge in [0.15, 0.2) is 16.7 Å². The van der Waals surface area contributed by atoms with Gasteiger partial charge in [0.25, 0.3) is 5.91 Å². The highest BCUT2D eigenvalue weighted by molar-refractivity contribution is 8.18. The third kappa shape index (κ3) is 7.52. The van der Waals surface area contributed by atoms with Crippen molar-refractivity contribution in [1.29, 1.82) is 0 Å². The Morgan fingerprint density at radius 2 is 1.64 bits per heavy atom. The lowest BCUT2D eigenvalue weighted by atomic mass is 10.0. The molecule has 3 heterocycles. The maximum atomic E-state index is 13.5. The number of halogens is 6. The standard InChI is InChI=1S/C30H32F6N4O3S/c1-38-9-7-22(8-10-38)39-11-13-40(14-12-39)28-37-27(41)26(44-28)16-19-3-6-24(25(15-19)42-2)43-18-20-4-5-21(29(31,32)33)17-23(20)30(34,35)36/h3-6,15-17,22H,7-14,18H2,1-2H3/b26-16+. The van der Waals surface area contributed by atoms with Crippen LogP contribution in [0.15, 0.2) is 46.3 Å². The first-order valence-corrected chi connectivity index (χ1v) is 14.9. The van der Waals surface area contributed by atoms with Crippen LogP contribution in [0.25, 0.3) is 6.08 Å². The van der Waals surface area contributed by atoms with Gasteiger partial charge in [-0.25, -0.2) is 0 Å². The van der Waals surface area contributed by atoms with E-state index < -0.39 is 35.6 Å². The number of benzene rings is 2. The van der Waals surface area contributed by atoms with Crippen LogP contribution >= 0.6 is 11.8 Å². The zero-order valence-electron chi connectivity index (χ0n) is 24.2. The maximum Gasteiger partial charge on any atom is 0.416 e. The molecule has 2 aromatic carbocycles.